The molecule has 1 heterocycles. The van der Waals surface area contributed by atoms with Crippen LogP contribution >= 0.6 is 0 Å². The number of oxazole rings is 1. The zero-order valence-corrected chi connectivity index (χ0v) is 10.9. The highest BCUT2D eigenvalue weighted by atomic mass is 16.4. The Morgan fingerprint density at radius 3 is 2.68 bits per heavy atom. The van der Waals surface area contributed by atoms with Gasteiger partial charge in [-0.25, -0.2) is 4.98 Å². The number of nitrogens with zero attached hydrogens (tertiary/aromatic N) is 2. The summed E-state index contributed by atoms with van der Waals surface area (Å²) in [5, 5.41) is 11.8. The first-order chi connectivity index (χ1) is 9.02. The van der Waals surface area contributed by atoms with Crippen LogP contribution in [-0.2, 0) is 0 Å². The molecule has 0 unspecified atom stereocenters. The predicted molar refractivity (Wildman–Crippen MR) is 69.8 cm³/mol. The second-order valence-electron chi connectivity index (χ2n) is 4.21. The molecule has 2 rings (SSSR count). The average molecular weight is 255 g/mol. The van der Waals surface area contributed by atoms with Gasteiger partial charge in [-0.05, 0) is 25.5 Å². The van der Waals surface area contributed by atoms with Crippen molar-refractivity contribution in [2.75, 3.05) is 5.32 Å². The van der Waals surface area contributed by atoms with Crippen LogP contribution in [0.2, 0.25) is 0 Å². The Kier molecular flexibility index (Phi) is 3.34. The van der Waals surface area contributed by atoms with Gasteiger partial charge in [0, 0.05) is 6.92 Å². The summed E-state index contributed by atoms with van der Waals surface area (Å²) in [5.74, 6) is 0.204. The third kappa shape index (κ3) is 2.47. The zero-order valence-electron chi connectivity index (χ0n) is 10.9. The molecule has 0 aliphatic heterocycles. The molecule has 0 saturated heterocycles. The number of aryl methyl sites for hydroxylation is 3. The lowest BCUT2D eigenvalue weighted by molar-refractivity contribution is 0.0994. The van der Waals surface area contributed by atoms with Crippen LogP contribution in [0.15, 0.2) is 22.6 Å². The van der Waals surface area contributed by atoms with Crippen LogP contribution in [0.25, 0.3) is 0 Å². The summed E-state index contributed by atoms with van der Waals surface area (Å²) >= 11 is 0. The molecule has 0 saturated carbocycles. The minimum atomic E-state index is -0.403. The maximum absolute atomic E-state index is 12.1. The van der Waals surface area contributed by atoms with Crippen LogP contribution in [0.4, 0.5) is 5.69 Å². The number of carbonyl (C=O) groups is 1. The van der Waals surface area contributed by atoms with E-state index in [1.807, 2.05) is 13.0 Å². The maximum atomic E-state index is 12.1. The summed E-state index contributed by atoms with van der Waals surface area (Å²) in [6, 6.07) is 7.36. The molecular weight excluding hydrogens is 242 g/mol. The summed E-state index contributed by atoms with van der Waals surface area (Å²) in [4.78, 5) is 16.1. The third-order valence-electron chi connectivity index (χ3n) is 2.74. The fourth-order valence-electron chi connectivity index (χ4n) is 1.84. The fourth-order valence-corrected chi connectivity index (χ4v) is 1.84. The van der Waals surface area contributed by atoms with Gasteiger partial charge in [0.05, 0.1) is 16.9 Å². The summed E-state index contributed by atoms with van der Waals surface area (Å²) in [5.41, 5.74) is 2.26. The molecule has 0 atom stereocenters. The molecule has 0 spiro atoms. The van der Waals surface area contributed by atoms with Gasteiger partial charge in [-0.15, -0.1) is 0 Å². The van der Waals surface area contributed by atoms with E-state index in [0.717, 1.165) is 5.56 Å². The van der Waals surface area contributed by atoms with Crippen molar-refractivity contribution < 1.29 is 9.21 Å². The Morgan fingerprint density at radius 2 is 2.11 bits per heavy atom. The molecular formula is C14H13N3O2. The van der Waals surface area contributed by atoms with E-state index in [1.165, 1.54) is 0 Å². The molecule has 96 valence electrons. The molecule has 0 radical (unpaired) electrons. The summed E-state index contributed by atoms with van der Waals surface area (Å²) in [6.45, 7) is 5.20. The first kappa shape index (κ1) is 12.8. The van der Waals surface area contributed by atoms with Gasteiger partial charge in [0.2, 0.25) is 5.76 Å². The number of carbonyl (C=O) groups excluding carboxylic acids is 1. The second-order valence-corrected chi connectivity index (χ2v) is 4.21. The largest absolute Gasteiger partial charge is 0.436 e. The van der Waals surface area contributed by atoms with Crippen LogP contribution in [-0.4, -0.2) is 10.9 Å². The number of nitrogens with one attached hydrogen (secondary N) is 1. The highest BCUT2D eigenvalue weighted by Crippen LogP contribution is 2.20. The predicted octanol–water partition coefficient (Wildman–Crippen LogP) is 2.72. The summed E-state index contributed by atoms with van der Waals surface area (Å²) < 4.78 is 5.25. The molecule has 5 heteroatoms. The maximum Gasteiger partial charge on any atom is 0.293 e. The van der Waals surface area contributed by atoms with Gasteiger partial charge in [-0.3, -0.25) is 4.79 Å². The zero-order chi connectivity index (χ0) is 14.0. The molecule has 1 aromatic carbocycles. The van der Waals surface area contributed by atoms with Crippen molar-refractivity contribution in [1.82, 2.24) is 4.98 Å². The number of rotatable bonds is 2. The van der Waals surface area contributed by atoms with E-state index in [9.17, 15) is 4.79 Å². The number of benzene rings is 1. The van der Waals surface area contributed by atoms with Crippen molar-refractivity contribution in [3.8, 4) is 6.07 Å². The Hall–Kier alpha value is -2.61. The quantitative estimate of drug-likeness (QED) is 0.894. The Balaban J connectivity index is 2.32. The third-order valence-corrected chi connectivity index (χ3v) is 2.74. The Labute approximate surface area is 110 Å². The van der Waals surface area contributed by atoms with Gasteiger partial charge < -0.3 is 9.73 Å². The fraction of sp³-hybridized carbons (Fsp3) is 0.214. The molecule has 0 aliphatic carbocycles. The molecule has 1 amide bonds. The van der Waals surface area contributed by atoms with Gasteiger partial charge in [-0.2, -0.15) is 5.26 Å². The van der Waals surface area contributed by atoms with Crippen LogP contribution in [0.1, 0.15) is 33.3 Å². The molecule has 19 heavy (non-hydrogen) atoms. The van der Waals surface area contributed by atoms with Crippen LogP contribution in [0.3, 0.4) is 0 Å². The topological polar surface area (TPSA) is 78.9 Å². The van der Waals surface area contributed by atoms with Gasteiger partial charge in [0.1, 0.15) is 6.07 Å². The number of anilines is 1. The summed E-state index contributed by atoms with van der Waals surface area (Å²) in [6.07, 6.45) is 0. The highest BCUT2D eigenvalue weighted by molar-refractivity contribution is 6.03. The van der Waals surface area contributed by atoms with E-state index in [4.69, 9.17) is 9.68 Å². The number of aromatic nitrogens is 1. The lowest BCUT2D eigenvalue weighted by atomic mass is 10.1. The van der Waals surface area contributed by atoms with Crippen LogP contribution in [0, 0.1) is 32.1 Å². The molecule has 5 nitrogen and oxygen atoms in total. The van der Waals surface area contributed by atoms with Crippen molar-refractivity contribution in [2.45, 2.75) is 20.8 Å². The van der Waals surface area contributed by atoms with Crippen molar-refractivity contribution in [3.63, 3.8) is 0 Å². The van der Waals surface area contributed by atoms with Gasteiger partial charge in [0.25, 0.3) is 5.91 Å². The highest BCUT2D eigenvalue weighted by Gasteiger charge is 2.17. The van der Waals surface area contributed by atoms with Crippen LogP contribution in [0.5, 0.6) is 0 Å². The minimum absolute atomic E-state index is 0.169. The lowest BCUT2D eigenvalue weighted by Crippen LogP contribution is -2.13. The van der Waals surface area contributed by atoms with Crippen molar-refractivity contribution in [1.29, 1.82) is 5.26 Å². The monoisotopic (exact) mass is 255 g/mol. The number of hydrogen-bond donors (Lipinski definition) is 1. The smallest absolute Gasteiger partial charge is 0.293 e. The summed E-state index contributed by atoms with van der Waals surface area (Å²) in [7, 11) is 0. The molecule has 2 aromatic rings. The minimum Gasteiger partial charge on any atom is -0.436 e. The molecule has 0 aliphatic rings. The SMILES string of the molecule is Cc1nc(C)c(C(=O)Nc2cccc(C)c2C#N)o1. The van der Waals surface area contributed by atoms with E-state index >= 15 is 0 Å². The van der Waals surface area contributed by atoms with Gasteiger partial charge in [0.15, 0.2) is 5.89 Å². The van der Waals surface area contributed by atoms with E-state index in [2.05, 4.69) is 16.4 Å². The number of nitriles is 1. The Morgan fingerprint density at radius 1 is 1.37 bits per heavy atom. The van der Waals surface area contributed by atoms with E-state index in [1.54, 1.807) is 26.0 Å². The van der Waals surface area contributed by atoms with Crippen molar-refractivity contribution in [2.24, 2.45) is 0 Å². The lowest BCUT2D eigenvalue weighted by Gasteiger charge is -2.07. The molecule has 0 bridgehead atoms. The van der Waals surface area contributed by atoms with E-state index in [0.29, 0.717) is 22.8 Å². The number of hydrogen-bond acceptors (Lipinski definition) is 4. The first-order valence-corrected chi connectivity index (χ1v) is 5.78. The standard InChI is InChI=1S/C14H13N3O2/c1-8-5-4-6-12(11(8)7-15)17-14(18)13-9(2)16-10(3)19-13/h4-6H,1-3H3,(H,17,18). The molecule has 0 fully saturated rings. The van der Waals surface area contributed by atoms with E-state index in [-0.39, 0.29) is 5.76 Å². The van der Waals surface area contributed by atoms with Gasteiger partial charge >= 0.3 is 0 Å². The van der Waals surface area contributed by atoms with Crippen molar-refractivity contribution in [3.05, 3.63) is 46.7 Å². The normalized spacial score (nSPS) is 10.0. The molecule has 1 N–H and O–H groups in total. The Bertz CT molecular complexity index is 680. The second kappa shape index (κ2) is 4.94. The average Bonchev–Trinajstić information content (AvgIpc) is 2.69. The van der Waals surface area contributed by atoms with Gasteiger partial charge in [-0.1, -0.05) is 12.1 Å². The molecule has 1 aromatic heterocycles. The van der Waals surface area contributed by atoms with E-state index < -0.39 is 5.91 Å². The van der Waals surface area contributed by atoms with Crippen LogP contribution < -0.4 is 5.32 Å². The first-order valence-electron chi connectivity index (χ1n) is 5.78. The van der Waals surface area contributed by atoms with Crippen molar-refractivity contribution >= 4 is 11.6 Å². The number of amides is 1.